The van der Waals surface area contributed by atoms with Crippen LogP contribution in [-0.2, 0) is 20.9 Å². The van der Waals surface area contributed by atoms with Gasteiger partial charge in [-0.25, -0.2) is 4.79 Å². The van der Waals surface area contributed by atoms with Crippen molar-refractivity contribution >= 4 is 23.4 Å². The van der Waals surface area contributed by atoms with E-state index in [9.17, 15) is 9.59 Å². The summed E-state index contributed by atoms with van der Waals surface area (Å²) < 4.78 is 15.3. The van der Waals surface area contributed by atoms with E-state index < -0.39 is 6.09 Å². The van der Waals surface area contributed by atoms with Crippen molar-refractivity contribution in [3.8, 4) is 5.75 Å². The molecule has 1 heterocycles. The molecular weight excluding hydrogens is 372 g/mol. The highest BCUT2D eigenvalue weighted by Gasteiger charge is 2.23. The Labute approximate surface area is 170 Å². The first kappa shape index (κ1) is 20.5. The quantitative estimate of drug-likeness (QED) is 0.712. The number of ether oxygens (including phenoxy) is 3. The van der Waals surface area contributed by atoms with Crippen LogP contribution in [0, 0.1) is 0 Å². The SMILES string of the molecule is COC(=O)CCC1CNc2cc(COC(=O)N(C)c3ccc(OC)cc3)ccc21. The zero-order valence-electron chi connectivity index (χ0n) is 16.9. The molecule has 0 saturated heterocycles. The first-order chi connectivity index (χ1) is 14.0. The molecule has 0 spiro atoms. The van der Waals surface area contributed by atoms with Crippen molar-refractivity contribution in [3.63, 3.8) is 0 Å². The lowest BCUT2D eigenvalue weighted by molar-refractivity contribution is -0.140. The zero-order valence-corrected chi connectivity index (χ0v) is 16.9. The fourth-order valence-corrected chi connectivity index (χ4v) is 3.35. The number of benzene rings is 2. The van der Waals surface area contributed by atoms with Crippen LogP contribution >= 0.6 is 0 Å². The molecule has 0 aliphatic carbocycles. The summed E-state index contributed by atoms with van der Waals surface area (Å²) >= 11 is 0. The molecule has 1 atom stereocenters. The summed E-state index contributed by atoms with van der Waals surface area (Å²) in [5.41, 5.74) is 3.83. The van der Waals surface area contributed by atoms with Gasteiger partial charge >= 0.3 is 12.1 Å². The lowest BCUT2D eigenvalue weighted by atomic mass is 9.95. The summed E-state index contributed by atoms with van der Waals surface area (Å²) in [4.78, 5) is 25.2. The number of rotatable bonds is 7. The lowest BCUT2D eigenvalue weighted by Crippen LogP contribution is -2.26. The molecule has 0 fully saturated rings. The van der Waals surface area contributed by atoms with Gasteiger partial charge in [0.15, 0.2) is 0 Å². The number of hydrogen-bond acceptors (Lipinski definition) is 6. The van der Waals surface area contributed by atoms with Crippen LogP contribution in [0.25, 0.3) is 0 Å². The highest BCUT2D eigenvalue weighted by molar-refractivity contribution is 5.87. The second-order valence-electron chi connectivity index (χ2n) is 6.93. The first-order valence-corrected chi connectivity index (χ1v) is 9.50. The molecule has 0 bridgehead atoms. The van der Waals surface area contributed by atoms with Crippen molar-refractivity contribution < 1.29 is 23.8 Å². The van der Waals surface area contributed by atoms with Crippen LogP contribution in [0.2, 0.25) is 0 Å². The van der Waals surface area contributed by atoms with E-state index in [0.717, 1.165) is 35.7 Å². The summed E-state index contributed by atoms with van der Waals surface area (Å²) in [6.45, 7) is 0.969. The largest absolute Gasteiger partial charge is 0.497 e. The number of anilines is 2. The van der Waals surface area contributed by atoms with Crippen LogP contribution < -0.4 is 15.0 Å². The molecule has 7 nitrogen and oxygen atoms in total. The van der Waals surface area contributed by atoms with Crippen molar-refractivity contribution in [2.45, 2.75) is 25.4 Å². The van der Waals surface area contributed by atoms with E-state index in [1.165, 1.54) is 17.6 Å². The molecule has 1 aliphatic heterocycles. The highest BCUT2D eigenvalue weighted by Crippen LogP contribution is 2.35. The Hall–Kier alpha value is -3.22. The fourth-order valence-electron chi connectivity index (χ4n) is 3.35. The monoisotopic (exact) mass is 398 g/mol. The number of carbonyl (C=O) groups excluding carboxylic acids is 2. The van der Waals surface area contributed by atoms with Gasteiger partial charge in [-0.05, 0) is 47.9 Å². The highest BCUT2D eigenvalue weighted by atomic mass is 16.6. The van der Waals surface area contributed by atoms with Crippen LogP contribution in [0.5, 0.6) is 5.75 Å². The van der Waals surface area contributed by atoms with Crippen LogP contribution in [0.1, 0.15) is 29.9 Å². The van der Waals surface area contributed by atoms with E-state index in [1.54, 1.807) is 38.4 Å². The smallest absolute Gasteiger partial charge is 0.414 e. The van der Waals surface area contributed by atoms with E-state index >= 15 is 0 Å². The van der Waals surface area contributed by atoms with Gasteiger partial charge in [0, 0.05) is 37.3 Å². The number of esters is 1. The van der Waals surface area contributed by atoms with Gasteiger partial charge in [-0.3, -0.25) is 9.69 Å². The van der Waals surface area contributed by atoms with Crippen LogP contribution in [0.15, 0.2) is 42.5 Å². The number of amides is 1. The molecule has 0 saturated carbocycles. The minimum atomic E-state index is -0.431. The first-order valence-electron chi connectivity index (χ1n) is 9.50. The van der Waals surface area contributed by atoms with Gasteiger partial charge in [0.25, 0.3) is 0 Å². The fraction of sp³-hybridized carbons (Fsp3) is 0.364. The van der Waals surface area contributed by atoms with Gasteiger partial charge in [0.1, 0.15) is 12.4 Å². The number of methoxy groups -OCH3 is 2. The van der Waals surface area contributed by atoms with Crippen molar-refractivity contribution in [3.05, 3.63) is 53.6 Å². The van der Waals surface area contributed by atoms with Crippen molar-refractivity contribution in [1.82, 2.24) is 0 Å². The van der Waals surface area contributed by atoms with E-state index in [0.29, 0.717) is 6.42 Å². The normalized spacial score (nSPS) is 14.5. The van der Waals surface area contributed by atoms with E-state index in [-0.39, 0.29) is 18.5 Å². The Balaban J connectivity index is 1.56. The Morgan fingerprint density at radius 1 is 1.14 bits per heavy atom. The van der Waals surface area contributed by atoms with Crippen LogP contribution in [0.3, 0.4) is 0 Å². The minimum absolute atomic E-state index is 0.182. The topological polar surface area (TPSA) is 77.1 Å². The van der Waals surface area contributed by atoms with Gasteiger partial charge in [-0.2, -0.15) is 0 Å². The Kier molecular flexibility index (Phi) is 6.59. The molecule has 1 N–H and O–H groups in total. The molecule has 2 aromatic rings. The van der Waals surface area contributed by atoms with Gasteiger partial charge in [0.2, 0.25) is 0 Å². The third-order valence-electron chi connectivity index (χ3n) is 5.12. The summed E-state index contributed by atoms with van der Waals surface area (Å²) in [5, 5.41) is 3.36. The van der Waals surface area contributed by atoms with E-state index in [1.807, 2.05) is 18.2 Å². The Morgan fingerprint density at radius 3 is 2.59 bits per heavy atom. The molecule has 1 aliphatic rings. The maximum Gasteiger partial charge on any atom is 0.414 e. The van der Waals surface area contributed by atoms with Crippen LogP contribution in [0.4, 0.5) is 16.2 Å². The second-order valence-corrected chi connectivity index (χ2v) is 6.93. The maximum atomic E-state index is 12.3. The number of nitrogens with zero attached hydrogens (tertiary/aromatic N) is 1. The molecule has 3 rings (SSSR count). The third kappa shape index (κ3) is 4.99. The van der Waals surface area contributed by atoms with E-state index in [4.69, 9.17) is 14.2 Å². The third-order valence-corrected chi connectivity index (χ3v) is 5.12. The van der Waals surface area contributed by atoms with Gasteiger partial charge in [-0.15, -0.1) is 0 Å². The van der Waals surface area contributed by atoms with Gasteiger partial charge in [-0.1, -0.05) is 12.1 Å². The molecule has 154 valence electrons. The average Bonchev–Trinajstić information content (AvgIpc) is 3.17. The number of nitrogens with one attached hydrogen (secondary N) is 1. The van der Waals surface area contributed by atoms with Crippen molar-refractivity contribution in [2.24, 2.45) is 0 Å². The molecule has 29 heavy (non-hydrogen) atoms. The number of fused-ring (bicyclic) bond motifs is 1. The lowest BCUT2D eigenvalue weighted by Gasteiger charge is -2.17. The average molecular weight is 398 g/mol. The van der Waals surface area contributed by atoms with Crippen LogP contribution in [-0.4, -0.2) is 39.9 Å². The standard InChI is InChI=1S/C22H26N2O5/c1-24(17-6-8-18(27-2)9-7-17)22(26)29-14-15-4-10-19-16(5-11-21(25)28-3)13-23-20(19)12-15/h4,6-10,12,16,23H,5,11,13-14H2,1-3H3. The zero-order chi connectivity index (χ0) is 20.8. The number of hydrogen-bond donors (Lipinski definition) is 1. The Bertz CT molecular complexity index is 866. The molecule has 1 amide bonds. The number of carbonyl (C=O) groups is 2. The molecular formula is C22H26N2O5. The van der Waals surface area contributed by atoms with Crippen molar-refractivity contribution in [2.75, 3.05) is 38.0 Å². The summed E-state index contributed by atoms with van der Waals surface area (Å²) in [5.74, 6) is 0.816. The predicted molar refractivity (Wildman–Crippen MR) is 111 cm³/mol. The second kappa shape index (κ2) is 9.32. The Morgan fingerprint density at radius 2 is 1.90 bits per heavy atom. The summed E-state index contributed by atoms with van der Waals surface area (Å²) in [6.07, 6.45) is 0.715. The summed E-state index contributed by atoms with van der Waals surface area (Å²) in [6, 6.07) is 13.2. The summed E-state index contributed by atoms with van der Waals surface area (Å²) in [7, 11) is 4.67. The van der Waals surface area contributed by atoms with Gasteiger partial charge in [0.05, 0.1) is 14.2 Å². The molecule has 1 unspecified atom stereocenters. The molecule has 2 aromatic carbocycles. The van der Waals surface area contributed by atoms with Crippen molar-refractivity contribution in [1.29, 1.82) is 0 Å². The van der Waals surface area contributed by atoms with Gasteiger partial charge < -0.3 is 19.5 Å². The molecule has 7 heteroatoms. The minimum Gasteiger partial charge on any atom is -0.497 e. The molecule has 0 radical (unpaired) electrons. The van der Waals surface area contributed by atoms with E-state index in [2.05, 4.69) is 5.32 Å². The predicted octanol–water partition coefficient (Wildman–Crippen LogP) is 3.93. The molecule has 0 aromatic heterocycles. The maximum absolute atomic E-state index is 12.3.